The van der Waals surface area contributed by atoms with Crippen LogP contribution in [0.5, 0.6) is 0 Å². The molecular formula is C11H10FN3. The minimum absolute atomic E-state index is 0.381. The number of aromatic nitrogens is 2. The quantitative estimate of drug-likeness (QED) is 0.772. The van der Waals surface area contributed by atoms with E-state index in [-0.39, 0.29) is 5.82 Å². The van der Waals surface area contributed by atoms with E-state index < -0.39 is 0 Å². The number of nitrogens with two attached hydrogens (primary N) is 1. The van der Waals surface area contributed by atoms with Crippen LogP contribution in [0.1, 0.15) is 5.56 Å². The monoisotopic (exact) mass is 203 g/mol. The van der Waals surface area contributed by atoms with Crippen LogP contribution in [-0.2, 0) is 0 Å². The van der Waals surface area contributed by atoms with Gasteiger partial charge in [-0.05, 0) is 24.6 Å². The Kier molecular flexibility index (Phi) is 2.33. The average Bonchev–Trinajstić information content (AvgIpc) is 2.22. The lowest BCUT2D eigenvalue weighted by Crippen LogP contribution is -1.95. The van der Waals surface area contributed by atoms with Crippen LogP contribution in [0.25, 0.3) is 11.1 Å². The van der Waals surface area contributed by atoms with Gasteiger partial charge in [0.05, 0.1) is 6.20 Å². The summed E-state index contributed by atoms with van der Waals surface area (Å²) < 4.78 is 13.0. The smallest absolute Gasteiger partial charge is 0.142 e. The standard InChI is InChI=1S/C11H10FN3/c1-7-2-10(11(13)15-4-7)8-3-9(12)6-14-5-8/h2-6H,1H3,(H2,13,15). The molecule has 76 valence electrons. The van der Waals surface area contributed by atoms with Crippen LogP contribution in [0.2, 0.25) is 0 Å². The fraction of sp³-hybridized carbons (Fsp3) is 0.0909. The fourth-order valence-corrected chi connectivity index (χ4v) is 1.37. The molecule has 2 rings (SSSR count). The maximum Gasteiger partial charge on any atom is 0.142 e. The van der Waals surface area contributed by atoms with Crippen molar-refractivity contribution in [3.05, 3.63) is 42.1 Å². The Morgan fingerprint density at radius 2 is 2.00 bits per heavy atom. The number of halogens is 1. The molecule has 3 nitrogen and oxygen atoms in total. The van der Waals surface area contributed by atoms with Gasteiger partial charge in [-0.15, -0.1) is 0 Å². The lowest BCUT2D eigenvalue weighted by molar-refractivity contribution is 0.622. The van der Waals surface area contributed by atoms with Crippen molar-refractivity contribution in [1.29, 1.82) is 0 Å². The van der Waals surface area contributed by atoms with Gasteiger partial charge in [0.25, 0.3) is 0 Å². The van der Waals surface area contributed by atoms with Crippen LogP contribution in [-0.4, -0.2) is 9.97 Å². The molecule has 0 bridgehead atoms. The molecule has 0 saturated heterocycles. The van der Waals surface area contributed by atoms with Crippen molar-refractivity contribution in [3.8, 4) is 11.1 Å². The van der Waals surface area contributed by atoms with Gasteiger partial charge in [0.2, 0.25) is 0 Å². The maximum atomic E-state index is 13.0. The zero-order valence-corrected chi connectivity index (χ0v) is 8.24. The molecule has 2 heterocycles. The molecule has 0 radical (unpaired) electrons. The fourth-order valence-electron chi connectivity index (χ4n) is 1.37. The second-order valence-corrected chi connectivity index (χ2v) is 3.34. The number of anilines is 1. The van der Waals surface area contributed by atoms with E-state index in [0.717, 1.165) is 11.8 Å². The summed E-state index contributed by atoms with van der Waals surface area (Å²) in [7, 11) is 0. The van der Waals surface area contributed by atoms with E-state index in [0.29, 0.717) is 16.9 Å². The summed E-state index contributed by atoms with van der Waals surface area (Å²) in [6.45, 7) is 1.91. The van der Waals surface area contributed by atoms with Crippen molar-refractivity contribution in [2.45, 2.75) is 6.92 Å². The zero-order valence-electron chi connectivity index (χ0n) is 8.24. The minimum Gasteiger partial charge on any atom is -0.383 e. The van der Waals surface area contributed by atoms with Crippen molar-refractivity contribution >= 4 is 5.82 Å². The third-order valence-corrected chi connectivity index (χ3v) is 2.07. The molecule has 0 unspecified atom stereocenters. The molecule has 4 heteroatoms. The first-order valence-electron chi connectivity index (χ1n) is 4.50. The molecule has 0 aliphatic carbocycles. The summed E-state index contributed by atoms with van der Waals surface area (Å²) in [5.41, 5.74) is 8.04. The first-order valence-corrected chi connectivity index (χ1v) is 4.50. The van der Waals surface area contributed by atoms with Crippen LogP contribution in [0, 0.1) is 12.7 Å². The molecule has 0 aromatic carbocycles. The number of nitrogens with zero attached hydrogens (tertiary/aromatic N) is 2. The van der Waals surface area contributed by atoms with E-state index in [1.807, 2.05) is 13.0 Å². The van der Waals surface area contributed by atoms with E-state index in [1.165, 1.54) is 6.07 Å². The van der Waals surface area contributed by atoms with Gasteiger partial charge in [-0.2, -0.15) is 0 Å². The highest BCUT2D eigenvalue weighted by atomic mass is 19.1. The molecule has 0 aliphatic rings. The summed E-state index contributed by atoms with van der Waals surface area (Å²) in [5.74, 6) is 0.00130. The van der Waals surface area contributed by atoms with E-state index >= 15 is 0 Å². The average molecular weight is 203 g/mol. The van der Waals surface area contributed by atoms with Gasteiger partial charge < -0.3 is 5.73 Å². The largest absolute Gasteiger partial charge is 0.383 e. The third-order valence-electron chi connectivity index (χ3n) is 2.07. The molecule has 2 aromatic rings. The van der Waals surface area contributed by atoms with Crippen molar-refractivity contribution in [3.63, 3.8) is 0 Å². The van der Waals surface area contributed by atoms with Gasteiger partial charge in [-0.25, -0.2) is 9.37 Å². The van der Waals surface area contributed by atoms with Crippen molar-refractivity contribution in [1.82, 2.24) is 9.97 Å². The summed E-state index contributed by atoms with van der Waals surface area (Å²) in [6, 6.07) is 3.25. The second-order valence-electron chi connectivity index (χ2n) is 3.34. The maximum absolute atomic E-state index is 13.0. The van der Waals surface area contributed by atoms with Crippen LogP contribution >= 0.6 is 0 Å². The Morgan fingerprint density at radius 1 is 1.20 bits per heavy atom. The van der Waals surface area contributed by atoms with Crippen molar-refractivity contribution < 1.29 is 4.39 Å². The Labute approximate surface area is 86.8 Å². The number of aryl methyl sites for hydroxylation is 1. The van der Waals surface area contributed by atoms with E-state index in [1.54, 1.807) is 12.4 Å². The zero-order chi connectivity index (χ0) is 10.8. The van der Waals surface area contributed by atoms with Crippen LogP contribution in [0.15, 0.2) is 30.7 Å². The van der Waals surface area contributed by atoms with Crippen molar-refractivity contribution in [2.75, 3.05) is 5.73 Å². The summed E-state index contributed by atoms with van der Waals surface area (Å²) in [5, 5.41) is 0. The highest BCUT2D eigenvalue weighted by Crippen LogP contribution is 2.24. The number of hydrogen-bond donors (Lipinski definition) is 1. The molecule has 0 saturated carbocycles. The van der Waals surface area contributed by atoms with Gasteiger partial charge in [-0.3, -0.25) is 4.98 Å². The van der Waals surface area contributed by atoms with Gasteiger partial charge in [0.1, 0.15) is 11.6 Å². The summed E-state index contributed by atoms with van der Waals surface area (Å²) in [4.78, 5) is 7.79. The lowest BCUT2D eigenvalue weighted by atomic mass is 10.1. The molecule has 0 spiro atoms. The molecule has 0 fully saturated rings. The normalized spacial score (nSPS) is 10.3. The van der Waals surface area contributed by atoms with Gasteiger partial charge in [0.15, 0.2) is 0 Å². The predicted octanol–water partition coefficient (Wildman–Crippen LogP) is 2.17. The van der Waals surface area contributed by atoms with E-state index in [2.05, 4.69) is 9.97 Å². The molecule has 0 atom stereocenters. The van der Waals surface area contributed by atoms with Gasteiger partial charge in [-0.1, -0.05) is 0 Å². The molecule has 2 aromatic heterocycles. The minimum atomic E-state index is -0.381. The number of rotatable bonds is 1. The van der Waals surface area contributed by atoms with Gasteiger partial charge in [0, 0.05) is 23.5 Å². The predicted molar refractivity (Wildman–Crippen MR) is 56.6 cm³/mol. The van der Waals surface area contributed by atoms with Crippen molar-refractivity contribution in [2.24, 2.45) is 0 Å². The Bertz CT molecular complexity index is 497. The van der Waals surface area contributed by atoms with Crippen LogP contribution < -0.4 is 5.73 Å². The SMILES string of the molecule is Cc1cnc(N)c(-c2cncc(F)c2)c1. The Morgan fingerprint density at radius 3 is 2.73 bits per heavy atom. The lowest BCUT2D eigenvalue weighted by Gasteiger charge is -2.05. The van der Waals surface area contributed by atoms with E-state index in [4.69, 9.17) is 5.73 Å². The molecule has 0 amide bonds. The molecular weight excluding hydrogens is 193 g/mol. The molecule has 0 aliphatic heterocycles. The summed E-state index contributed by atoms with van der Waals surface area (Å²) >= 11 is 0. The molecule has 15 heavy (non-hydrogen) atoms. The van der Waals surface area contributed by atoms with Crippen LogP contribution in [0.3, 0.4) is 0 Å². The highest BCUT2D eigenvalue weighted by Gasteiger charge is 2.05. The summed E-state index contributed by atoms with van der Waals surface area (Å²) in [6.07, 6.45) is 4.39. The Balaban J connectivity index is 2.58. The van der Waals surface area contributed by atoms with E-state index in [9.17, 15) is 4.39 Å². The first kappa shape index (κ1) is 9.58. The second kappa shape index (κ2) is 3.65. The topological polar surface area (TPSA) is 51.8 Å². The number of nitrogen functional groups attached to an aromatic ring is 1. The molecule has 2 N–H and O–H groups in total. The third kappa shape index (κ3) is 1.93. The number of hydrogen-bond acceptors (Lipinski definition) is 3. The first-order chi connectivity index (χ1) is 7.16. The van der Waals surface area contributed by atoms with Gasteiger partial charge >= 0.3 is 0 Å². The number of pyridine rings is 2. The van der Waals surface area contributed by atoms with Crippen LogP contribution in [0.4, 0.5) is 10.2 Å². The highest BCUT2D eigenvalue weighted by molar-refractivity contribution is 5.73. The Hall–Kier alpha value is -1.97.